The fourth-order valence-corrected chi connectivity index (χ4v) is 1.37. The minimum Gasteiger partial charge on any atom is -0.476 e. The van der Waals surface area contributed by atoms with Gasteiger partial charge < -0.3 is 9.84 Å². The van der Waals surface area contributed by atoms with E-state index in [-0.39, 0.29) is 11.6 Å². The second-order valence-corrected chi connectivity index (χ2v) is 3.79. The average molecular weight is 274 g/mol. The van der Waals surface area contributed by atoms with Gasteiger partial charge in [0.25, 0.3) is 5.88 Å². The second-order valence-electron chi connectivity index (χ2n) is 2.98. The minimum absolute atomic E-state index is 0.143. The molecule has 1 aromatic heterocycles. The van der Waals surface area contributed by atoms with Crippen LogP contribution in [0.15, 0.2) is 18.2 Å². The number of ether oxygens (including phenoxy) is 1. The molecule has 2 N–H and O–H groups in total. The third kappa shape index (κ3) is 2.48. The van der Waals surface area contributed by atoms with E-state index in [0.717, 1.165) is 0 Å². The maximum Gasteiger partial charge on any atom is 0.359 e. The van der Waals surface area contributed by atoms with Crippen molar-refractivity contribution in [3.63, 3.8) is 0 Å². The van der Waals surface area contributed by atoms with Gasteiger partial charge in [0.05, 0.1) is 10.0 Å². The molecular weight excluding hydrogens is 269 g/mol. The Balaban J connectivity index is 2.28. The van der Waals surface area contributed by atoms with Crippen molar-refractivity contribution in [3.05, 3.63) is 33.9 Å². The van der Waals surface area contributed by atoms with E-state index >= 15 is 0 Å². The minimum atomic E-state index is -1.22. The molecule has 0 saturated carbocycles. The van der Waals surface area contributed by atoms with Gasteiger partial charge in [0.1, 0.15) is 5.75 Å². The smallest absolute Gasteiger partial charge is 0.359 e. The molecule has 2 rings (SSSR count). The van der Waals surface area contributed by atoms with Crippen molar-refractivity contribution in [1.29, 1.82) is 0 Å². The fourth-order valence-electron chi connectivity index (χ4n) is 1.08. The lowest BCUT2D eigenvalue weighted by Gasteiger charge is -2.03. The lowest BCUT2D eigenvalue weighted by molar-refractivity contribution is 0.0687. The van der Waals surface area contributed by atoms with Crippen molar-refractivity contribution >= 4 is 29.2 Å². The third-order valence-corrected chi connectivity index (χ3v) is 2.57. The first kappa shape index (κ1) is 11.7. The van der Waals surface area contributed by atoms with Gasteiger partial charge >= 0.3 is 5.97 Å². The number of aromatic carboxylic acids is 1. The molecule has 0 unspecified atom stereocenters. The molecule has 1 heterocycles. The van der Waals surface area contributed by atoms with Crippen LogP contribution in [0.5, 0.6) is 11.6 Å². The van der Waals surface area contributed by atoms with Gasteiger partial charge in [-0.3, -0.25) is 0 Å². The summed E-state index contributed by atoms with van der Waals surface area (Å²) in [4.78, 5) is 10.8. The summed E-state index contributed by atoms with van der Waals surface area (Å²) in [6.07, 6.45) is 0. The number of aromatic amines is 1. The molecule has 0 aliphatic rings. The third-order valence-electron chi connectivity index (χ3n) is 1.84. The molecule has 0 radical (unpaired) electrons. The number of hydrogen-bond donors (Lipinski definition) is 2. The monoisotopic (exact) mass is 273 g/mol. The number of H-pyrrole nitrogens is 1. The number of hydrogen-bond acceptors (Lipinski definition) is 4. The Labute approximate surface area is 105 Å². The molecule has 17 heavy (non-hydrogen) atoms. The number of rotatable bonds is 3. The van der Waals surface area contributed by atoms with Crippen LogP contribution in [0, 0.1) is 0 Å². The highest BCUT2D eigenvalue weighted by Crippen LogP contribution is 2.29. The Morgan fingerprint density at radius 3 is 2.76 bits per heavy atom. The molecule has 0 bridgehead atoms. The van der Waals surface area contributed by atoms with Crippen molar-refractivity contribution in [2.45, 2.75) is 0 Å². The van der Waals surface area contributed by atoms with Crippen molar-refractivity contribution < 1.29 is 14.6 Å². The average Bonchev–Trinajstić information content (AvgIpc) is 2.72. The van der Waals surface area contributed by atoms with E-state index in [9.17, 15) is 4.79 Å². The van der Waals surface area contributed by atoms with Gasteiger partial charge in [0.15, 0.2) is 0 Å². The lowest BCUT2D eigenvalue weighted by atomic mass is 10.3. The number of nitrogens with zero attached hydrogens (tertiary/aromatic N) is 2. The summed E-state index contributed by atoms with van der Waals surface area (Å²) in [7, 11) is 0. The summed E-state index contributed by atoms with van der Waals surface area (Å²) < 4.78 is 5.22. The molecule has 0 fully saturated rings. The Hall–Kier alpha value is -1.79. The molecule has 0 aliphatic carbocycles. The van der Waals surface area contributed by atoms with E-state index in [1.54, 1.807) is 0 Å². The number of carbonyl (C=O) groups is 1. The van der Waals surface area contributed by atoms with Crippen LogP contribution in [0.4, 0.5) is 0 Å². The largest absolute Gasteiger partial charge is 0.476 e. The molecule has 0 amide bonds. The van der Waals surface area contributed by atoms with Gasteiger partial charge in [0.2, 0.25) is 5.69 Å². The number of benzene rings is 1. The topological polar surface area (TPSA) is 88.1 Å². The zero-order valence-corrected chi connectivity index (χ0v) is 9.66. The normalized spacial score (nSPS) is 10.2. The van der Waals surface area contributed by atoms with Crippen LogP contribution in [-0.2, 0) is 0 Å². The van der Waals surface area contributed by atoms with Gasteiger partial charge in [-0.1, -0.05) is 33.5 Å². The quantitative estimate of drug-likeness (QED) is 0.898. The number of halogens is 2. The fraction of sp³-hybridized carbons (Fsp3) is 0. The first-order valence-corrected chi connectivity index (χ1v) is 5.11. The van der Waals surface area contributed by atoms with Gasteiger partial charge in [-0.15, -0.1) is 0 Å². The number of nitrogens with one attached hydrogen (secondary N) is 1. The van der Waals surface area contributed by atoms with Crippen LogP contribution >= 0.6 is 23.2 Å². The molecule has 8 heteroatoms. The predicted octanol–water partition coefficient (Wildman–Crippen LogP) is 2.60. The maximum atomic E-state index is 10.8. The number of aromatic nitrogens is 3. The molecule has 1 aromatic carbocycles. The Morgan fingerprint density at radius 1 is 1.35 bits per heavy atom. The van der Waals surface area contributed by atoms with E-state index in [0.29, 0.717) is 15.8 Å². The van der Waals surface area contributed by atoms with Gasteiger partial charge in [0, 0.05) is 6.07 Å². The van der Waals surface area contributed by atoms with Crippen molar-refractivity contribution in [1.82, 2.24) is 15.4 Å². The van der Waals surface area contributed by atoms with Crippen LogP contribution in [-0.4, -0.2) is 26.5 Å². The Morgan fingerprint density at radius 2 is 2.12 bits per heavy atom. The van der Waals surface area contributed by atoms with Crippen LogP contribution < -0.4 is 4.74 Å². The highest BCUT2D eigenvalue weighted by molar-refractivity contribution is 6.42. The molecule has 0 atom stereocenters. The van der Waals surface area contributed by atoms with Crippen molar-refractivity contribution in [2.75, 3.05) is 0 Å². The predicted molar refractivity (Wildman–Crippen MR) is 59.9 cm³/mol. The van der Waals surface area contributed by atoms with E-state index < -0.39 is 5.97 Å². The summed E-state index contributed by atoms with van der Waals surface area (Å²) in [5.74, 6) is -1.04. The number of carboxylic acid groups (broad SMARTS) is 1. The zero-order chi connectivity index (χ0) is 12.4. The first-order valence-electron chi connectivity index (χ1n) is 4.35. The van der Waals surface area contributed by atoms with Crippen LogP contribution in [0.25, 0.3) is 0 Å². The molecular formula is C9H5Cl2N3O3. The standard InChI is InChI=1S/C9H5Cl2N3O3/c10-5-2-1-4(3-6(5)11)17-8-7(9(15)16)12-14-13-8/h1-3H,(H,15,16)(H,12,13,14). The molecule has 0 saturated heterocycles. The molecule has 0 aliphatic heterocycles. The highest BCUT2D eigenvalue weighted by atomic mass is 35.5. The molecule has 0 spiro atoms. The van der Waals surface area contributed by atoms with E-state index in [4.69, 9.17) is 33.0 Å². The van der Waals surface area contributed by atoms with Crippen LogP contribution in [0.1, 0.15) is 10.5 Å². The molecule has 6 nitrogen and oxygen atoms in total. The van der Waals surface area contributed by atoms with E-state index in [2.05, 4.69) is 15.4 Å². The Kier molecular flexibility index (Phi) is 3.16. The van der Waals surface area contributed by atoms with Crippen molar-refractivity contribution in [2.24, 2.45) is 0 Å². The summed E-state index contributed by atoms with van der Waals surface area (Å²) in [5.41, 5.74) is -0.240. The molecule has 88 valence electrons. The summed E-state index contributed by atoms with van der Waals surface area (Å²) >= 11 is 11.5. The Bertz CT molecular complexity index is 570. The van der Waals surface area contributed by atoms with Crippen LogP contribution in [0.2, 0.25) is 10.0 Å². The lowest BCUT2D eigenvalue weighted by Crippen LogP contribution is -1.99. The van der Waals surface area contributed by atoms with Crippen LogP contribution in [0.3, 0.4) is 0 Å². The second kappa shape index (κ2) is 4.60. The maximum absolute atomic E-state index is 10.8. The highest BCUT2D eigenvalue weighted by Gasteiger charge is 2.16. The summed E-state index contributed by atoms with van der Waals surface area (Å²) in [5, 5.41) is 18.5. The van der Waals surface area contributed by atoms with E-state index in [1.807, 2.05) is 0 Å². The summed E-state index contributed by atoms with van der Waals surface area (Å²) in [6.45, 7) is 0. The summed E-state index contributed by atoms with van der Waals surface area (Å²) in [6, 6.07) is 4.51. The van der Waals surface area contributed by atoms with E-state index in [1.165, 1.54) is 18.2 Å². The first-order chi connectivity index (χ1) is 8.08. The van der Waals surface area contributed by atoms with Crippen molar-refractivity contribution in [3.8, 4) is 11.6 Å². The van der Waals surface area contributed by atoms with Gasteiger partial charge in [-0.2, -0.15) is 0 Å². The molecule has 2 aromatic rings. The van der Waals surface area contributed by atoms with Gasteiger partial charge in [-0.05, 0) is 12.1 Å². The van der Waals surface area contributed by atoms with Gasteiger partial charge in [-0.25, -0.2) is 9.89 Å². The SMILES string of the molecule is O=C(O)c1[nH]nnc1Oc1ccc(Cl)c(Cl)c1. The zero-order valence-electron chi connectivity index (χ0n) is 8.15. The number of carboxylic acids is 1.